The van der Waals surface area contributed by atoms with Gasteiger partial charge in [0, 0.05) is 10.7 Å². The third-order valence-corrected chi connectivity index (χ3v) is 5.58. The minimum atomic E-state index is -0.516. The third-order valence-electron chi connectivity index (χ3n) is 4.55. The molecule has 0 aliphatic heterocycles. The molecule has 8 heteroatoms. The van der Waals surface area contributed by atoms with Gasteiger partial charge in [-0.3, -0.25) is 4.79 Å². The van der Waals surface area contributed by atoms with Crippen molar-refractivity contribution in [3.8, 4) is 23.3 Å². The van der Waals surface area contributed by atoms with E-state index in [2.05, 4.69) is 27.9 Å². The zero-order chi connectivity index (χ0) is 23.8. The first kappa shape index (κ1) is 24.4. The van der Waals surface area contributed by atoms with Crippen LogP contribution in [0.2, 0.25) is 5.02 Å². The smallest absolute Gasteiger partial charge is 0.266 e. The summed E-state index contributed by atoms with van der Waals surface area (Å²) in [5.41, 5.74) is 2.06. The van der Waals surface area contributed by atoms with Crippen molar-refractivity contribution in [3.63, 3.8) is 0 Å². The summed E-state index contributed by atoms with van der Waals surface area (Å²) in [6, 6.07) is 19.7. The Labute approximate surface area is 210 Å². The van der Waals surface area contributed by atoms with Crippen LogP contribution in [-0.2, 0) is 11.4 Å². The second kappa shape index (κ2) is 11.6. The lowest BCUT2D eigenvalue weighted by Crippen LogP contribution is -2.13. The SMILES string of the molecule is COc1ccc(NC(=O)/C(C#N)=C/c2cc(I)c(OCc3cccc(Cl)c3)c(OC)c2)cc1. The molecule has 3 rings (SSSR count). The summed E-state index contributed by atoms with van der Waals surface area (Å²) in [7, 11) is 3.10. The number of benzene rings is 3. The molecule has 0 spiro atoms. The van der Waals surface area contributed by atoms with Crippen LogP contribution in [0.3, 0.4) is 0 Å². The molecule has 0 atom stereocenters. The highest BCUT2D eigenvalue weighted by molar-refractivity contribution is 14.1. The van der Waals surface area contributed by atoms with Gasteiger partial charge < -0.3 is 19.5 Å². The maximum atomic E-state index is 12.6. The fourth-order valence-electron chi connectivity index (χ4n) is 2.93. The van der Waals surface area contributed by atoms with Crippen LogP contribution in [0.4, 0.5) is 5.69 Å². The zero-order valence-corrected chi connectivity index (χ0v) is 20.8. The molecular formula is C25H20ClIN2O4. The van der Waals surface area contributed by atoms with E-state index < -0.39 is 5.91 Å². The maximum absolute atomic E-state index is 12.6. The lowest BCUT2D eigenvalue weighted by Gasteiger charge is -2.14. The summed E-state index contributed by atoms with van der Waals surface area (Å²) in [4.78, 5) is 12.6. The number of carbonyl (C=O) groups excluding carboxylic acids is 1. The van der Waals surface area contributed by atoms with Gasteiger partial charge >= 0.3 is 0 Å². The van der Waals surface area contributed by atoms with Gasteiger partial charge in [-0.05, 0) is 88.3 Å². The zero-order valence-electron chi connectivity index (χ0n) is 17.9. The van der Waals surface area contributed by atoms with Crippen LogP contribution in [0.5, 0.6) is 17.2 Å². The van der Waals surface area contributed by atoms with E-state index in [-0.39, 0.29) is 5.57 Å². The van der Waals surface area contributed by atoms with Crippen LogP contribution in [-0.4, -0.2) is 20.1 Å². The van der Waals surface area contributed by atoms with Crippen molar-refractivity contribution < 1.29 is 19.0 Å². The van der Waals surface area contributed by atoms with E-state index in [1.165, 1.54) is 13.2 Å². The standard InChI is InChI=1S/C25H20ClIN2O4/c1-31-21-8-6-20(7-9-21)29-25(30)18(14-28)10-17-12-22(27)24(23(13-17)32-2)33-15-16-4-3-5-19(26)11-16/h3-13H,15H2,1-2H3,(H,29,30)/b18-10+. The van der Waals surface area contributed by atoms with Crippen molar-refractivity contribution in [3.05, 3.63) is 86.0 Å². The summed E-state index contributed by atoms with van der Waals surface area (Å²) in [6.07, 6.45) is 1.50. The number of carbonyl (C=O) groups is 1. The Morgan fingerprint density at radius 1 is 1.12 bits per heavy atom. The van der Waals surface area contributed by atoms with Gasteiger partial charge in [-0.1, -0.05) is 23.7 Å². The van der Waals surface area contributed by atoms with Crippen molar-refractivity contribution in [2.75, 3.05) is 19.5 Å². The Hall–Kier alpha value is -3.22. The molecule has 0 heterocycles. The Morgan fingerprint density at radius 2 is 1.88 bits per heavy atom. The molecule has 0 aromatic heterocycles. The maximum Gasteiger partial charge on any atom is 0.266 e. The van der Waals surface area contributed by atoms with Gasteiger partial charge in [0.25, 0.3) is 5.91 Å². The monoisotopic (exact) mass is 574 g/mol. The van der Waals surface area contributed by atoms with E-state index in [1.54, 1.807) is 43.5 Å². The van der Waals surface area contributed by atoms with Crippen LogP contribution >= 0.6 is 34.2 Å². The van der Waals surface area contributed by atoms with Crippen molar-refractivity contribution in [2.24, 2.45) is 0 Å². The Bertz CT molecular complexity index is 1220. The number of nitriles is 1. The lowest BCUT2D eigenvalue weighted by atomic mass is 10.1. The Kier molecular flexibility index (Phi) is 8.58. The molecule has 1 N–H and O–H groups in total. The minimum Gasteiger partial charge on any atom is -0.497 e. The predicted octanol–water partition coefficient (Wildman–Crippen LogP) is 6.09. The fraction of sp³-hybridized carbons (Fsp3) is 0.120. The number of methoxy groups -OCH3 is 2. The number of rotatable bonds is 8. The first-order valence-electron chi connectivity index (χ1n) is 9.75. The van der Waals surface area contributed by atoms with Crippen LogP contribution in [0.15, 0.2) is 66.2 Å². The molecule has 6 nitrogen and oxygen atoms in total. The number of nitrogens with one attached hydrogen (secondary N) is 1. The number of ether oxygens (including phenoxy) is 3. The summed E-state index contributed by atoms with van der Waals surface area (Å²) < 4.78 is 17.3. The van der Waals surface area contributed by atoms with Gasteiger partial charge in [-0.15, -0.1) is 0 Å². The van der Waals surface area contributed by atoms with E-state index in [4.69, 9.17) is 25.8 Å². The molecule has 3 aromatic carbocycles. The topological polar surface area (TPSA) is 80.6 Å². The highest BCUT2D eigenvalue weighted by atomic mass is 127. The molecule has 0 aliphatic carbocycles. The van der Waals surface area contributed by atoms with E-state index in [0.29, 0.717) is 40.1 Å². The molecule has 1 amide bonds. The fourth-order valence-corrected chi connectivity index (χ4v) is 3.93. The van der Waals surface area contributed by atoms with Crippen molar-refractivity contribution in [1.29, 1.82) is 5.26 Å². The van der Waals surface area contributed by atoms with Crippen LogP contribution in [0.1, 0.15) is 11.1 Å². The van der Waals surface area contributed by atoms with Gasteiger partial charge in [0.15, 0.2) is 11.5 Å². The average molecular weight is 575 g/mol. The molecule has 3 aromatic rings. The molecule has 0 fully saturated rings. The molecule has 0 aliphatic rings. The summed E-state index contributed by atoms with van der Waals surface area (Å²) in [5, 5.41) is 12.9. The number of halogens is 2. The summed E-state index contributed by atoms with van der Waals surface area (Å²) in [5.74, 6) is 1.21. The van der Waals surface area contributed by atoms with Gasteiger partial charge in [0.2, 0.25) is 0 Å². The number of amides is 1. The number of hydrogen-bond donors (Lipinski definition) is 1. The predicted molar refractivity (Wildman–Crippen MR) is 137 cm³/mol. The van der Waals surface area contributed by atoms with Crippen molar-refractivity contribution >= 4 is 51.9 Å². The second-order valence-electron chi connectivity index (χ2n) is 6.81. The summed E-state index contributed by atoms with van der Waals surface area (Å²) in [6.45, 7) is 0.315. The van der Waals surface area contributed by atoms with Crippen LogP contribution in [0, 0.1) is 14.9 Å². The lowest BCUT2D eigenvalue weighted by molar-refractivity contribution is -0.112. The number of nitrogens with zero attached hydrogens (tertiary/aromatic N) is 1. The van der Waals surface area contributed by atoms with Gasteiger partial charge in [0.05, 0.1) is 17.8 Å². The molecule has 0 unspecified atom stereocenters. The normalized spacial score (nSPS) is 10.8. The number of hydrogen-bond acceptors (Lipinski definition) is 5. The first-order chi connectivity index (χ1) is 15.9. The number of anilines is 1. The van der Waals surface area contributed by atoms with Crippen molar-refractivity contribution in [2.45, 2.75) is 6.61 Å². The molecule has 168 valence electrons. The van der Waals surface area contributed by atoms with Gasteiger partial charge in [-0.25, -0.2) is 0 Å². The molecular weight excluding hydrogens is 555 g/mol. The molecule has 0 saturated heterocycles. The van der Waals surface area contributed by atoms with Gasteiger partial charge in [0.1, 0.15) is 24.0 Å². The van der Waals surface area contributed by atoms with E-state index in [9.17, 15) is 10.1 Å². The Morgan fingerprint density at radius 3 is 2.52 bits per heavy atom. The summed E-state index contributed by atoms with van der Waals surface area (Å²) >= 11 is 8.17. The molecule has 33 heavy (non-hydrogen) atoms. The van der Waals surface area contributed by atoms with Crippen LogP contribution in [0.25, 0.3) is 6.08 Å². The molecule has 0 radical (unpaired) electrons. The highest BCUT2D eigenvalue weighted by Crippen LogP contribution is 2.35. The van der Waals surface area contributed by atoms with Crippen LogP contribution < -0.4 is 19.5 Å². The quantitative estimate of drug-likeness (QED) is 0.200. The largest absolute Gasteiger partial charge is 0.497 e. The average Bonchev–Trinajstić information content (AvgIpc) is 2.82. The molecule has 0 bridgehead atoms. The Balaban J connectivity index is 1.79. The van der Waals surface area contributed by atoms with Crippen molar-refractivity contribution in [1.82, 2.24) is 0 Å². The van der Waals surface area contributed by atoms with E-state index in [0.717, 1.165) is 9.13 Å². The third kappa shape index (κ3) is 6.63. The van der Waals surface area contributed by atoms with E-state index in [1.807, 2.05) is 30.3 Å². The van der Waals surface area contributed by atoms with Gasteiger partial charge in [-0.2, -0.15) is 5.26 Å². The second-order valence-corrected chi connectivity index (χ2v) is 8.40. The first-order valence-corrected chi connectivity index (χ1v) is 11.2. The molecule has 0 saturated carbocycles. The van der Waals surface area contributed by atoms with E-state index >= 15 is 0 Å². The highest BCUT2D eigenvalue weighted by Gasteiger charge is 2.14. The minimum absolute atomic E-state index is 0.0451.